The van der Waals surface area contributed by atoms with E-state index in [2.05, 4.69) is 4.98 Å². The minimum absolute atomic E-state index is 0.109. The van der Waals surface area contributed by atoms with Gasteiger partial charge in [-0.2, -0.15) is 5.26 Å². The van der Waals surface area contributed by atoms with Gasteiger partial charge in [0.1, 0.15) is 11.6 Å². The number of nitrogens with zero attached hydrogens (tertiary/aromatic N) is 2. The van der Waals surface area contributed by atoms with Gasteiger partial charge in [0.15, 0.2) is 0 Å². The second kappa shape index (κ2) is 4.55. The highest BCUT2D eigenvalue weighted by Crippen LogP contribution is 2.27. The lowest BCUT2D eigenvalue weighted by atomic mass is 9.92. The first kappa shape index (κ1) is 11.6. The first-order valence-corrected chi connectivity index (χ1v) is 5.57. The van der Waals surface area contributed by atoms with E-state index in [0.29, 0.717) is 12.8 Å². The molecule has 17 heavy (non-hydrogen) atoms. The molecule has 1 fully saturated rings. The number of nitriles is 1. The van der Waals surface area contributed by atoms with E-state index >= 15 is 0 Å². The van der Waals surface area contributed by atoms with E-state index in [4.69, 9.17) is 5.26 Å². The van der Waals surface area contributed by atoms with Gasteiger partial charge in [0, 0.05) is 6.20 Å². The van der Waals surface area contributed by atoms with Crippen LogP contribution in [0.15, 0.2) is 15.8 Å². The Kier molecular flexibility index (Phi) is 3.11. The van der Waals surface area contributed by atoms with Gasteiger partial charge in [0.2, 0.25) is 0 Å². The fourth-order valence-electron chi connectivity index (χ4n) is 2.23. The Morgan fingerprint density at radius 3 is 2.76 bits per heavy atom. The molecule has 1 heterocycles. The van der Waals surface area contributed by atoms with Crippen molar-refractivity contribution >= 4 is 0 Å². The molecular weight excluding hydrogens is 222 g/mol. The molecule has 6 heteroatoms. The second-order valence-electron chi connectivity index (χ2n) is 4.24. The molecule has 0 amide bonds. The molecule has 90 valence electrons. The average Bonchev–Trinajstić information content (AvgIpc) is 2.31. The van der Waals surface area contributed by atoms with Gasteiger partial charge in [0.25, 0.3) is 5.56 Å². The summed E-state index contributed by atoms with van der Waals surface area (Å²) < 4.78 is 1.27. The molecule has 0 radical (unpaired) electrons. The van der Waals surface area contributed by atoms with Gasteiger partial charge in [-0.3, -0.25) is 14.3 Å². The number of H-pyrrole nitrogens is 1. The summed E-state index contributed by atoms with van der Waals surface area (Å²) in [5.74, 6) is 0. The summed E-state index contributed by atoms with van der Waals surface area (Å²) in [5, 5.41) is 18.6. The summed E-state index contributed by atoms with van der Waals surface area (Å²) in [4.78, 5) is 25.0. The highest BCUT2D eigenvalue weighted by molar-refractivity contribution is 5.22. The van der Waals surface area contributed by atoms with Crippen molar-refractivity contribution in [1.82, 2.24) is 9.55 Å². The van der Waals surface area contributed by atoms with Crippen molar-refractivity contribution in [1.29, 1.82) is 5.26 Å². The van der Waals surface area contributed by atoms with Crippen LogP contribution in [0.25, 0.3) is 0 Å². The number of hydrogen-bond donors (Lipinski definition) is 2. The zero-order valence-electron chi connectivity index (χ0n) is 9.22. The normalized spacial score (nSPS) is 24.2. The summed E-state index contributed by atoms with van der Waals surface area (Å²) in [6.07, 6.45) is 3.81. The molecule has 2 N–H and O–H groups in total. The zero-order valence-corrected chi connectivity index (χ0v) is 9.22. The second-order valence-corrected chi connectivity index (χ2v) is 4.24. The van der Waals surface area contributed by atoms with E-state index in [1.54, 1.807) is 6.07 Å². The quantitative estimate of drug-likeness (QED) is 0.709. The molecule has 1 aliphatic rings. The Bertz CT molecular complexity index is 567. The van der Waals surface area contributed by atoms with Crippen LogP contribution in [-0.4, -0.2) is 20.8 Å². The van der Waals surface area contributed by atoms with Crippen LogP contribution in [0.3, 0.4) is 0 Å². The van der Waals surface area contributed by atoms with Crippen molar-refractivity contribution in [3.8, 4) is 6.07 Å². The molecule has 1 aromatic heterocycles. The lowest BCUT2D eigenvalue weighted by molar-refractivity contribution is 0.0729. The molecule has 0 bridgehead atoms. The monoisotopic (exact) mass is 235 g/mol. The minimum atomic E-state index is -0.681. The Morgan fingerprint density at radius 2 is 2.12 bits per heavy atom. The third kappa shape index (κ3) is 2.15. The third-order valence-electron chi connectivity index (χ3n) is 3.14. The lowest BCUT2D eigenvalue weighted by Crippen LogP contribution is -2.38. The average molecular weight is 235 g/mol. The summed E-state index contributed by atoms with van der Waals surface area (Å²) in [7, 11) is 0. The van der Waals surface area contributed by atoms with Crippen LogP contribution < -0.4 is 11.2 Å². The van der Waals surface area contributed by atoms with Crippen molar-refractivity contribution < 1.29 is 5.11 Å². The van der Waals surface area contributed by atoms with Gasteiger partial charge in [-0.15, -0.1) is 0 Å². The van der Waals surface area contributed by atoms with E-state index in [9.17, 15) is 14.7 Å². The topological polar surface area (TPSA) is 98.9 Å². The standard InChI is InChI=1S/C11H13N3O3/c12-5-7-6-14(11(17)13-10(7)16)8-3-1-2-4-9(8)15/h6,8-9,15H,1-4H2,(H,13,16,17)/t8-,9+/m1/s1. The van der Waals surface area contributed by atoms with E-state index in [-0.39, 0.29) is 11.6 Å². The Labute approximate surface area is 97.1 Å². The molecule has 0 aliphatic heterocycles. The van der Waals surface area contributed by atoms with E-state index < -0.39 is 17.4 Å². The molecule has 1 saturated carbocycles. The van der Waals surface area contributed by atoms with Crippen LogP contribution in [0.1, 0.15) is 37.3 Å². The SMILES string of the molecule is N#Cc1cn([C@@H]2CCCC[C@@H]2O)c(=O)[nH]c1=O. The highest BCUT2D eigenvalue weighted by Gasteiger charge is 2.25. The van der Waals surface area contributed by atoms with Crippen LogP contribution in [0, 0.1) is 11.3 Å². The van der Waals surface area contributed by atoms with Crippen molar-refractivity contribution in [2.45, 2.75) is 37.8 Å². The molecule has 0 saturated heterocycles. The van der Waals surface area contributed by atoms with Crippen LogP contribution in [0.2, 0.25) is 0 Å². The molecule has 1 aromatic rings. The summed E-state index contributed by atoms with van der Waals surface area (Å²) in [6.45, 7) is 0. The van der Waals surface area contributed by atoms with Gasteiger partial charge in [-0.05, 0) is 12.8 Å². The van der Waals surface area contributed by atoms with Crippen LogP contribution in [0.4, 0.5) is 0 Å². The first-order chi connectivity index (χ1) is 8.13. The van der Waals surface area contributed by atoms with Crippen LogP contribution in [0.5, 0.6) is 0 Å². The van der Waals surface area contributed by atoms with E-state index in [1.807, 2.05) is 0 Å². The molecular formula is C11H13N3O3. The zero-order chi connectivity index (χ0) is 12.4. The van der Waals surface area contributed by atoms with Gasteiger partial charge in [-0.1, -0.05) is 12.8 Å². The van der Waals surface area contributed by atoms with E-state index in [0.717, 1.165) is 12.8 Å². The number of aliphatic hydroxyl groups excluding tert-OH is 1. The Hall–Kier alpha value is -1.87. The maximum absolute atomic E-state index is 11.6. The smallest absolute Gasteiger partial charge is 0.328 e. The van der Waals surface area contributed by atoms with Gasteiger partial charge >= 0.3 is 5.69 Å². The number of aromatic nitrogens is 2. The molecule has 1 aliphatic carbocycles. The predicted molar refractivity (Wildman–Crippen MR) is 59.5 cm³/mol. The van der Waals surface area contributed by atoms with Crippen molar-refractivity contribution in [2.24, 2.45) is 0 Å². The number of hydrogen-bond acceptors (Lipinski definition) is 4. The first-order valence-electron chi connectivity index (χ1n) is 5.57. The van der Waals surface area contributed by atoms with E-state index in [1.165, 1.54) is 10.8 Å². The van der Waals surface area contributed by atoms with Gasteiger partial charge < -0.3 is 5.11 Å². The maximum Gasteiger partial charge on any atom is 0.328 e. The Balaban J connectivity index is 2.48. The lowest BCUT2D eigenvalue weighted by Gasteiger charge is -2.28. The molecule has 0 aromatic carbocycles. The molecule has 0 unspecified atom stereocenters. The largest absolute Gasteiger partial charge is 0.391 e. The van der Waals surface area contributed by atoms with Gasteiger partial charge in [-0.25, -0.2) is 4.79 Å². The fourth-order valence-corrected chi connectivity index (χ4v) is 2.23. The summed E-state index contributed by atoms with van der Waals surface area (Å²) >= 11 is 0. The third-order valence-corrected chi connectivity index (χ3v) is 3.14. The van der Waals surface area contributed by atoms with Crippen molar-refractivity contribution in [3.05, 3.63) is 32.6 Å². The number of nitrogens with one attached hydrogen (secondary N) is 1. The predicted octanol–water partition coefficient (Wildman–Crippen LogP) is -0.116. The number of aromatic amines is 1. The highest BCUT2D eigenvalue weighted by atomic mass is 16.3. The molecule has 2 atom stereocenters. The minimum Gasteiger partial charge on any atom is -0.391 e. The van der Waals surface area contributed by atoms with Crippen LogP contribution >= 0.6 is 0 Å². The number of aliphatic hydroxyl groups is 1. The van der Waals surface area contributed by atoms with Crippen LogP contribution in [-0.2, 0) is 0 Å². The summed E-state index contributed by atoms with van der Waals surface area (Å²) in [6, 6.07) is 1.38. The Morgan fingerprint density at radius 1 is 1.41 bits per heavy atom. The summed E-state index contributed by atoms with van der Waals surface area (Å²) in [5.41, 5.74) is -1.36. The molecule has 6 nitrogen and oxygen atoms in total. The molecule has 2 rings (SSSR count). The molecule has 0 spiro atoms. The van der Waals surface area contributed by atoms with Crippen molar-refractivity contribution in [3.63, 3.8) is 0 Å². The fraction of sp³-hybridized carbons (Fsp3) is 0.545. The van der Waals surface area contributed by atoms with Crippen molar-refractivity contribution in [2.75, 3.05) is 0 Å². The van der Waals surface area contributed by atoms with Gasteiger partial charge in [0.05, 0.1) is 12.1 Å². The maximum atomic E-state index is 11.6. The number of rotatable bonds is 1.